The molecule has 1 aliphatic carbocycles. The van der Waals surface area contributed by atoms with Crippen LogP contribution in [0.4, 0.5) is 0 Å². The Hall–Kier alpha value is -0.890. The highest BCUT2D eigenvalue weighted by atomic mass is 15.0. The summed E-state index contributed by atoms with van der Waals surface area (Å²) >= 11 is 0. The summed E-state index contributed by atoms with van der Waals surface area (Å²) in [5, 5.41) is 3.49. The van der Waals surface area contributed by atoms with Crippen molar-refractivity contribution in [2.24, 2.45) is 0 Å². The predicted octanol–water partition coefficient (Wildman–Crippen LogP) is 3.63. The van der Waals surface area contributed by atoms with Gasteiger partial charge in [0.25, 0.3) is 0 Å². The molecule has 1 aromatic rings. The zero-order chi connectivity index (χ0) is 12.3. The van der Waals surface area contributed by atoms with E-state index in [0.717, 1.165) is 6.54 Å². The second-order valence-corrected chi connectivity index (χ2v) is 6.14. The molecule has 0 amide bonds. The standard InChI is InChI=1S/C15H24N2/c1-15(2,3)16-11-13-9-6-10-14(17-13)12-7-4-5-8-12/h6,9-10,12,16H,4-5,7-8,11H2,1-3H3. The summed E-state index contributed by atoms with van der Waals surface area (Å²) in [6.45, 7) is 7.43. The second-order valence-electron chi connectivity index (χ2n) is 6.14. The van der Waals surface area contributed by atoms with E-state index in [1.807, 2.05) is 0 Å². The summed E-state index contributed by atoms with van der Waals surface area (Å²) in [4.78, 5) is 4.80. The summed E-state index contributed by atoms with van der Waals surface area (Å²) in [5.41, 5.74) is 2.63. The Morgan fingerprint density at radius 2 is 1.94 bits per heavy atom. The van der Waals surface area contributed by atoms with Gasteiger partial charge in [-0.2, -0.15) is 0 Å². The van der Waals surface area contributed by atoms with Crippen LogP contribution in [0.25, 0.3) is 0 Å². The third-order valence-electron chi connectivity index (χ3n) is 3.40. The molecule has 0 radical (unpaired) electrons. The normalized spacial score (nSPS) is 17.6. The van der Waals surface area contributed by atoms with Crippen molar-refractivity contribution >= 4 is 0 Å². The topological polar surface area (TPSA) is 24.9 Å². The smallest absolute Gasteiger partial charge is 0.0545 e. The first-order valence-electron chi connectivity index (χ1n) is 6.75. The van der Waals surface area contributed by atoms with Crippen LogP contribution < -0.4 is 5.32 Å². The molecule has 94 valence electrons. The average Bonchev–Trinajstić information content (AvgIpc) is 2.79. The van der Waals surface area contributed by atoms with Gasteiger partial charge in [0.1, 0.15) is 0 Å². The minimum absolute atomic E-state index is 0.158. The molecule has 17 heavy (non-hydrogen) atoms. The molecule has 0 aliphatic heterocycles. The zero-order valence-corrected chi connectivity index (χ0v) is 11.3. The molecule has 1 N–H and O–H groups in total. The quantitative estimate of drug-likeness (QED) is 0.861. The highest BCUT2D eigenvalue weighted by Gasteiger charge is 2.18. The molecule has 1 heterocycles. The van der Waals surface area contributed by atoms with Gasteiger partial charge in [-0.3, -0.25) is 4.98 Å². The van der Waals surface area contributed by atoms with Gasteiger partial charge in [-0.15, -0.1) is 0 Å². The monoisotopic (exact) mass is 232 g/mol. The van der Waals surface area contributed by atoms with E-state index in [2.05, 4.69) is 44.3 Å². The van der Waals surface area contributed by atoms with E-state index in [1.54, 1.807) is 0 Å². The van der Waals surface area contributed by atoms with Crippen LogP contribution in [0.3, 0.4) is 0 Å². The van der Waals surface area contributed by atoms with E-state index in [0.29, 0.717) is 5.92 Å². The van der Waals surface area contributed by atoms with E-state index in [-0.39, 0.29) is 5.54 Å². The van der Waals surface area contributed by atoms with Crippen molar-refractivity contribution in [1.82, 2.24) is 10.3 Å². The van der Waals surface area contributed by atoms with E-state index in [1.165, 1.54) is 37.1 Å². The first kappa shape index (κ1) is 12.6. The highest BCUT2D eigenvalue weighted by Crippen LogP contribution is 2.32. The van der Waals surface area contributed by atoms with Gasteiger partial charge in [0.15, 0.2) is 0 Å². The van der Waals surface area contributed by atoms with Gasteiger partial charge < -0.3 is 5.32 Å². The fourth-order valence-electron chi connectivity index (χ4n) is 2.40. The maximum absolute atomic E-state index is 4.80. The molecule has 0 aromatic carbocycles. The molecular formula is C15H24N2. The number of nitrogens with zero attached hydrogens (tertiary/aromatic N) is 1. The minimum Gasteiger partial charge on any atom is -0.306 e. The van der Waals surface area contributed by atoms with Crippen molar-refractivity contribution in [1.29, 1.82) is 0 Å². The predicted molar refractivity (Wildman–Crippen MR) is 72.0 cm³/mol. The molecule has 1 fully saturated rings. The zero-order valence-electron chi connectivity index (χ0n) is 11.3. The van der Waals surface area contributed by atoms with Crippen LogP contribution in [0.15, 0.2) is 18.2 Å². The van der Waals surface area contributed by atoms with Crippen molar-refractivity contribution in [3.8, 4) is 0 Å². The van der Waals surface area contributed by atoms with E-state index in [4.69, 9.17) is 4.98 Å². The molecular weight excluding hydrogens is 208 g/mol. The van der Waals surface area contributed by atoms with E-state index in [9.17, 15) is 0 Å². The SMILES string of the molecule is CC(C)(C)NCc1cccc(C2CCCC2)n1. The summed E-state index contributed by atoms with van der Waals surface area (Å²) in [6, 6.07) is 6.47. The van der Waals surface area contributed by atoms with Gasteiger partial charge in [-0.05, 0) is 45.7 Å². The van der Waals surface area contributed by atoms with Gasteiger partial charge in [0.2, 0.25) is 0 Å². The molecule has 0 spiro atoms. The molecule has 2 rings (SSSR count). The van der Waals surface area contributed by atoms with E-state index < -0.39 is 0 Å². The fourth-order valence-corrected chi connectivity index (χ4v) is 2.40. The summed E-state index contributed by atoms with van der Waals surface area (Å²) in [7, 11) is 0. The number of pyridine rings is 1. The molecule has 2 nitrogen and oxygen atoms in total. The largest absolute Gasteiger partial charge is 0.306 e. The number of nitrogens with one attached hydrogen (secondary N) is 1. The first-order chi connectivity index (χ1) is 8.04. The van der Waals surface area contributed by atoms with Crippen LogP contribution in [0.5, 0.6) is 0 Å². The van der Waals surface area contributed by atoms with Crippen LogP contribution in [0.2, 0.25) is 0 Å². The molecule has 0 bridgehead atoms. The molecule has 1 aromatic heterocycles. The molecule has 1 aliphatic rings. The van der Waals surface area contributed by atoms with Crippen molar-refractivity contribution in [3.63, 3.8) is 0 Å². The average molecular weight is 232 g/mol. The lowest BCUT2D eigenvalue weighted by atomic mass is 10.0. The van der Waals surface area contributed by atoms with E-state index >= 15 is 0 Å². The Bertz CT molecular complexity index is 359. The Labute approximate surface area is 105 Å². The van der Waals surface area contributed by atoms with Gasteiger partial charge >= 0.3 is 0 Å². The van der Waals surface area contributed by atoms with Crippen molar-refractivity contribution in [2.45, 2.75) is 64.5 Å². The Balaban J connectivity index is 2.01. The lowest BCUT2D eigenvalue weighted by Crippen LogP contribution is -2.35. The van der Waals surface area contributed by atoms with Gasteiger partial charge in [0.05, 0.1) is 5.69 Å². The summed E-state index contributed by atoms with van der Waals surface area (Å²) < 4.78 is 0. The summed E-state index contributed by atoms with van der Waals surface area (Å²) in [5.74, 6) is 0.713. The molecule has 1 saturated carbocycles. The second kappa shape index (κ2) is 5.18. The van der Waals surface area contributed by atoms with Crippen LogP contribution >= 0.6 is 0 Å². The third kappa shape index (κ3) is 3.81. The van der Waals surface area contributed by atoms with Crippen LogP contribution in [-0.4, -0.2) is 10.5 Å². The Kier molecular flexibility index (Phi) is 3.82. The first-order valence-corrected chi connectivity index (χ1v) is 6.75. The maximum Gasteiger partial charge on any atom is 0.0545 e. The number of hydrogen-bond acceptors (Lipinski definition) is 2. The maximum atomic E-state index is 4.80. The van der Waals surface area contributed by atoms with Crippen LogP contribution in [0, 0.1) is 0 Å². The van der Waals surface area contributed by atoms with Crippen molar-refractivity contribution in [3.05, 3.63) is 29.6 Å². The van der Waals surface area contributed by atoms with Gasteiger partial charge in [-0.25, -0.2) is 0 Å². The lowest BCUT2D eigenvalue weighted by Gasteiger charge is -2.20. The number of aromatic nitrogens is 1. The van der Waals surface area contributed by atoms with Crippen molar-refractivity contribution in [2.75, 3.05) is 0 Å². The molecule has 0 unspecified atom stereocenters. The van der Waals surface area contributed by atoms with Crippen molar-refractivity contribution < 1.29 is 0 Å². The lowest BCUT2D eigenvalue weighted by molar-refractivity contribution is 0.420. The summed E-state index contributed by atoms with van der Waals surface area (Å²) in [6.07, 6.45) is 5.39. The number of rotatable bonds is 3. The number of hydrogen-bond donors (Lipinski definition) is 1. The Morgan fingerprint density at radius 3 is 2.59 bits per heavy atom. The molecule has 0 saturated heterocycles. The third-order valence-corrected chi connectivity index (χ3v) is 3.40. The van der Waals surface area contributed by atoms with Crippen LogP contribution in [0.1, 0.15) is 63.8 Å². The highest BCUT2D eigenvalue weighted by molar-refractivity contribution is 5.16. The fraction of sp³-hybridized carbons (Fsp3) is 0.667. The molecule has 0 atom stereocenters. The van der Waals surface area contributed by atoms with Gasteiger partial charge in [-0.1, -0.05) is 18.9 Å². The Morgan fingerprint density at radius 1 is 1.24 bits per heavy atom. The van der Waals surface area contributed by atoms with Crippen LogP contribution in [-0.2, 0) is 6.54 Å². The van der Waals surface area contributed by atoms with Gasteiger partial charge in [0, 0.05) is 23.7 Å². The minimum atomic E-state index is 0.158. The molecule has 2 heteroatoms.